The van der Waals surface area contributed by atoms with Gasteiger partial charge in [0.1, 0.15) is 5.37 Å². The second kappa shape index (κ2) is 5.77. The zero-order chi connectivity index (χ0) is 15.0. The van der Waals surface area contributed by atoms with Gasteiger partial charge < -0.3 is 4.90 Å². The predicted molar refractivity (Wildman–Crippen MR) is 81.2 cm³/mol. The highest BCUT2D eigenvalue weighted by molar-refractivity contribution is 8.00. The van der Waals surface area contributed by atoms with Crippen molar-refractivity contribution >= 4 is 29.0 Å². The first-order chi connectivity index (χ1) is 10.1. The van der Waals surface area contributed by atoms with E-state index in [1.807, 2.05) is 19.1 Å². The van der Waals surface area contributed by atoms with E-state index in [1.54, 1.807) is 16.2 Å². The largest absolute Gasteiger partial charge is 0.321 e. The Morgan fingerprint density at radius 3 is 2.81 bits per heavy atom. The summed E-state index contributed by atoms with van der Waals surface area (Å²) in [5.41, 5.74) is 0.212. The van der Waals surface area contributed by atoms with Gasteiger partial charge in [0.2, 0.25) is 5.91 Å². The maximum atomic E-state index is 13.8. The van der Waals surface area contributed by atoms with E-state index < -0.39 is 11.6 Å². The van der Waals surface area contributed by atoms with Gasteiger partial charge in [-0.25, -0.2) is 8.78 Å². The number of hydrogen-bond donors (Lipinski definition) is 0. The number of hydrogen-bond acceptors (Lipinski definition) is 3. The zero-order valence-corrected chi connectivity index (χ0v) is 12.9. The van der Waals surface area contributed by atoms with Gasteiger partial charge in [-0.2, -0.15) is 0 Å². The molecule has 1 aromatic carbocycles. The number of aryl methyl sites for hydroxylation is 1. The molecule has 1 amide bonds. The normalized spacial score (nSPS) is 18.5. The Hall–Kier alpha value is -1.40. The standard InChI is InChI=1S/C15H13F2NOS2/c1-9-5-6-12(21-9)15-18(13(19)8-20-15)7-10-3-2-4-11(16)14(10)17/h2-6,15H,7-8H2,1H3. The van der Waals surface area contributed by atoms with Crippen LogP contribution >= 0.6 is 23.1 Å². The SMILES string of the molecule is Cc1ccc(C2SCC(=O)N2Cc2cccc(F)c2F)s1. The Balaban J connectivity index is 1.88. The fourth-order valence-electron chi connectivity index (χ4n) is 2.30. The van der Waals surface area contributed by atoms with Crippen molar-refractivity contribution in [2.24, 2.45) is 0 Å². The molecule has 2 nitrogen and oxygen atoms in total. The number of rotatable bonds is 3. The lowest BCUT2D eigenvalue weighted by Crippen LogP contribution is -2.27. The van der Waals surface area contributed by atoms with Crippen molar-refractivity contribution in [2.75, 3.05) is 5.75 Å². The van der Waals surface area contributed by atoms with E-state index in [0.29, 0.717) is 5.75 Å². The van der Waals surface area contributed by atoms with Crippen LogP contribution in [0.1, 0.15) is 20.7 Å². The van der Waals surface area contributed by atoms with Gasteiger partial charge in [0, 0.05) is 15.3 Å². The van der Waals surface area contributed by atoms with Gasteiger partial charge in [-0.1, -0.05) is 12.1 Å². The van der Waals surface area contributed by atoms with Crippen LogP contribution in [0.3, 0.4) is 0 Å². The molecule has 0 radical (unpaired) electrons. The monoisotopic (exact) mass is 325 g/mol. The van der Waals surface area contributed by atoms with Gasteiger partial charge in [0.05, 0.1) is 12.3 Å². The van der Waals surface area contributed by atoms with Gasteiger partial charge in [-0.15, -0.1) is 23.1 Å². The number of carbonyl (C=O) groups excluding carboxylic acids is 1. The Labute approximate surface area is 129 Å². The predicted octanol–water partition coefficient (Wildman–Crippen LogP) is 4.11. The number of benzene rings is 1. The first-order valence-electron chi connectivity index (χ1n) is 6.46. The molecule has 1 saturated heterocycles. The van der Waals surface area contributed by atoms with Crippen LogP contribution in [-0.2, 0) is 11.3 Å². The number of carbonyl (C=O) groups is 1. The summed E-state index contributed by atoms with van der Waals surface area (Å²) in [6.07, 6.45) is 0. The van der Waals surface area contributed by atoms with Crippen molar-refractivity contribution in [3.8, 4) is 0 Å². The van der Waals surface area contributed by atoms with E-state index in [0.717, 1.165) is 10.9 Å². The molecule has 0 bridgehead atoms. The molecular formula is C15H13F2NOS2. The Kier molecular flexibility index (Phi) is 3.99. The van der Waals surface area contributed by atoms with Crippen LogP contribution in [0.2, 0.25) is 0 Å². The van der Waals surface area contributed by atoms with Gasteiger partial charge in [-0.05, 0) is 25.1 Å². The minimum absolute atomic E-state index is 0.0419. The summed E-state index contributed by atoms with van der Waals surface area (Å²) < 4.78 is 27.1. The summed E-state index contributed by atoms with van der Waals surface area (Å²) in [5.74, 6) is -1.42. The zero-order valence-electron chi connectivity index (χ0n) is 11.3. The summed E-state index contributed by atoms with van der Waals surface area (Å²) >= 11 is 3.15. The third-order valence-corrected chi connectivity index (χ3v) is 5.78. The molecule has 1 unspecified atom stereocenters. The van der Waals surface area contributed by atoms with Crippen LogP contribution < -0.4 is 0 Å². The molecule has 0 saturated carbocycles. The van der Waals surface area contributed by atoms with Crippen LogP contribution in [-0.4, -0.2) is 16.6 Å². The molecule has 1 aliphatic rings. The average Bonchev–Trinajstić information content (AvgIpc) is 3.02. The Morgan fingerprint density at radius 1 is 1.29 bits per heavy atom. The highest BCUT2D eigenvalue weighted by atomic mass is 32.2. The Bertz CT molecular complexity index is 686. The third-order valence-electron chi connectivity index (χ3n) is 3.34. The lowest BCUT2D eigenvalue weighted by molar-refractivity contribution is -0.128. The Morgan fingerprint density at radius 2 is 2.10 bits per heavy atom. The number of nitrogens with zero attached hydrogens (tertiary/aromatic N) is 1. The summed E-state index contributed by atoms with van der Waals surface area (Å²) in [4.78, 5) is 15.9. The average molecular weight is 325 g/mol. The highest BCUT2D eigenvalue weighted by Gasteiger charge is 2.34. The van der Waals surface area contributed by atoms with Crippen molar-refractivity contribution in [3.63, 3.8) is 0 Å². The molecular weight excluding hydrogens is 312 g/mol. The van der Waals surface area contributed by atoms with E-state index in [1.165, 1.54) is 28.8 Å². The van der Waals surface area contributed by atoms with Crippen LogP contribution in [0.25, 0.3) is 0 Å². The smallest absolute Gasteiger partial charge is 0.234 e. The molecule has 2 aromatic rings. The van der Waals surface area contributed by atoms with Crippen molar-refractivity contribution < 1.29 is 13.6 Å². The lowest BCUT2D eigenvalue weighted by Gasteiger charge is -2.23. The number of thiophene rings is 1. The van der Waals surface area contributed by atoms with E-state index >= 15 is 0 Å². The van der Waals surface area contributed by atoms with Gasteiger partial charge in [0.25, 0.3) is 0 Å². The van der Waals surface area contributed by atoms with E-state index in [9.17, 15) is 13.6 Å². The molecule has 21 heavy (non-hydrogen) atoms. The summed E-state index contributed by atoms with van der Waals surface area (Å²) in [5, 5.41) is -0.112. The van der Waals surface area contributed by atoms with Crippen molar-refractivity contribution in [3.05, 3.63) is 57.3 Å². The molecule has 1 fully saturated rings. The fourth-order valence-corrected chi connectivity index (χ4v) is 4.60. The molecule has 0 aliphatic carbocycles. The first kappa shape index (κ1) is 14.5. The lowest BCUT2D eigenvalue weighted by atomic mass is 10.2. The number of amides is 1. The van der Waals surface area contributed by atoms with Crippen molar-refractivity contribution in [1.29, 1.82) is 0 Å². The minimum atomic E-state index is -0.879. The maximum Gasteiger partial charge on any atom is 0.234 e. The maximum absolute atomic E-state index is 13.8. The molecule has 1 atom stereocenters. The number of halogens is 2. The number of thioether (sulfide) groups is 1. The minimum Gasteiger partial charge on any atom is -0.321 e. The first-order valence-corrected chi connectivity index (χ1v) is 8.33. The van der Waals surface area contributed by atoms with Crippen molar-refractivity contribution in [2.45, 2.75) is 18.8 Å². The van der Waals surface area contributed by atoms with Crippen LogP contribution in [0.15, 0.2) is 30.3 Å². The molecule has 0 spiro atoms. The molecule has 1 aromatic heterocycles. The third kappa shape index (κ3) is 2.82. The topological polar surface area (TPSA) is 20.3 Å². The van der Waals surface area contributed by atoms with Crippen LogP contribution in [0, 0.1) is 18.6 Å². The van der Waals surface area contributed by atoms with E-state index in [4.69, 9.17) is 0 Å². The molecule has 3 rings (SSSR count). The fraction of sp³-hybridized carbons (Fsp3) is 0.267. The second-order valence-electron chi connectivity index (χ2n) is 4.85. The summed E-state index contributed by atoms with van der Waals surface area (Å²) in [7, 11) is 0. The van der Waals surface area contributed by atoms with Gasteiger partial charge in [-0.3, -0.25) is 4.79 Å². The van der Waals surface area contributed by atoms with Gasteiger partial charge >= 0.3 is 0 Å². The molecule has 0 N–H and O–H groups in total. The van der Waals surface area contributed by atoms with Crippen LogP contribution in [0.4, 0.5) is 8.78 Å². The second-order valence-corrected chi connectivity index (χ2v) is 7.23. The van der Waals surface area contributed by atoms with Crippen LogP contribution in [0.5, 0.6) is 0 Å². The quantitative estimate of drug-likeness (QED) is 0.846. The highest BCUT2D eigenvalue weighted by Crippen LogP contribution is 2.42. The molecule has 110 valence electrons. The van der Waals surface area contributed by atoms with E-state index in [-0.39, 0.29) is 23.4 Å². The molecule has 2 heterocycles. The summed E-state index contributed by atoms with van der Waals surface area (Å²) in [6.45, 7) is 2.10. The molecule has 6 heteroatoms. The van der Waals surface area contributed by atoms with Gasteiger partial charge in [0.15, 0.2) is 11.6 Å². The molecule has 1 aliphatic heterocycles. The van der Waals surface area contributed by atoms with Crippen molar-refractivity contribution in [1.82, 2.24) is 4.90 Å². The van der Waals surface area contributed by atoms with E-state index in [2.05, 4.69) is 0 Å². The summed E-state index contributed by atoms with van der Waals surface area (Å²) in [6, 6.07) is 8.06.